The average molecular weight is 479 g/mol. The second-order valence-corrected chi connectivity index (χ2v) is 7.89. The van der Waals surface area contributed by atoms with Crippen molar-refractivity contribution >= 4 is 52.8 Å². The number of aromatic nitrogens is 3. The van der Waals surface area contributed by atoms with Gasteiger partial charge in [-0.2, -0.15) is 5.10 Å². The van der Waals surface area contributed by atoms with Crippen molar-refractivity contribution in [2.45, 2.75) is 18.6 Å². The number of halogens is 2. The minimum absolute atomic E-state index is 0.0543. The van der Waals surface area contributed by atoms with Crippen LogP contribution in [0.5, 0.6) is 0 Å². The lowest BCUT2D eigenvalue weighted by molar-refractivity contribution is -0.384. The van der Waals surface area contributed by atoms with E-state index < -0.39 is 4.92 Å². The summed E-state index contributed by atoms with van der Waals surface area (Å²) in [5, 5.41) is 24.6. The van der Waals surface area contributed by atoms with Crippen LogP contribution in [0.2, 0.25) is 10.0 Å². The number of hydrogen-bond acceptors (Lipinski definition) is 7. The highest BCUT2D eigenvalue weighted by atomic mass is 35.5. The molecule has 160 valence electrons. The van der Waals surface area contributed by atoms with Crippen LogP contribution in [-0.2, 0) is 11.3 Å². The normalized spacial score (nSPS) is 11.1. The number of nitro groups is 1. The van der Waals surface area contributed by atoms with Gasteiger partial charge in [-0.05, 0) is 37.3 Å². The lowest BCUT2D eigenvalue weighted by atomic mass is 10.2. The maximum atomic E-state index is 12.1. The van der Waals surface area contributed by atoms with Crippen molar-refractivity contribution < 1.29 is 9.72 Å². The average Bonchev–Trinajstić information content (AvgIpc) is 3.16. The molecule has 3 rings (SSSR count). The maximum Gasteiger partial charge on any atom is 0.270 e. The fourth-order valence-corrected chi connectivity index (χ4v) is 3.66. The molecule has 0 aliphatic heterocycles. The molecule has 3 aromatic rings. The molecule has 1 aromatic heterocycles. The van der Waals surface area contributed by atoms with Crippen molar-refractivity contribution in [2.75, 3.05) is 5.75 Å². The van der Waals surface area contributed by atoms with Gasteiger partial charge in [0.15, 0.2) is 11.0 Å². The number of non-ortho nitro benzene ring substituents is 1. The molecule has 31 heavy (non-hydrogen) atoms. The Balaban J connectivity index is 1.61. The molecule has 1 N–H and O–H groups in total. The van der Waals surface area contributed by atoms with E-state index in [0.717, 1.165) is 5.56 Å². The summed E-state index contributed by atoms with van der Waals surface area (Å²) in [5.74, 6) is 0.362. The summed E-state index contributed by atoms with van der Waals surface area (Å²) in [6, 6.07) is 11.2. The molecule has 12 heteroatoms. The SMILES string of the molecule is CCn1c(SCC(=O)N/N=C/c2cc([N+](=O)[O-])ccc2Cl)nnc1-c1ccc(Cl)cc1. The molecule has 0 aliphatic rings. The first-order chi connectivity index (χ1) is 14.9. The van der Waals surface area contributed by atoms with E-state index in [0.29, 0.717) is 28.1 Å². The predicted octanol–water partition coefficient (Wildman–Crippen LogP) is 4.42. The Bertz CT molecular complexity index is 1130. The van der Waals surface area contributed by atoms with Gasteiger partial charge in [0.25, 0.3) is 11.6 Å². The molecule has 0 atom stereocenters. The highest BCUT2D eigenvalue weighted by Crippen LogP contribution is 2.25. The number of hydrazone groups is 1. The summed E-state index contributed by atoms with van der Waals surface area (Å²) < 4.78 is 1.90. The van der Waals surface area contributed by atoms with E-state index in [4.69, 9.17) is 23.2 Å². The summed E-state index contributed by atoms with van der Waals surface area (Å²) in [4.78, 5) is 22.4. The molecule has 1 amide bonds. The number of nitrogens with one attached hydrogen (secondary N) is 1. The Morgan fingerprint density at radius 2 is 2.00 bits per heavy atom. The largest absolute Gasteiger partial charge is 0.302 e. The van der Waals surface area contributed by atoms with Gasteiger partial charge >= 0.3 is 0 Å². The maximum absolute atomic E-state index is 12.1. The second kappa shape index (κ2) is 10.4. The Labute approximate surface area is 191 Å². The number of carbonyl (C=O) groups is 1. The van der Waals surface area contributed by atoms with Crippen LogP contribution in [0.3, 0.4) is 0 Å². The molecule has 0 saturated carbocycles. The number of carbonyl (C=O) groups excluding carboxylic acids is 1. The second-order valence-electron chi connectivity index (χ2n) is 6.10. The fourth-order valence-electron chi connectivity index (χ4n) is 2.57. The molecule has 0 bridgehead atoms. The molecule has 0 radical (unpaired) electrons. The van der Waals surface area contributed by atoms with Gasteiger partial charge in [-0.3, -0.25) is 14.9 Å². The van der Waals surface area contributed by atoms with Gasteiger partial charge < -0.3 is 4.57 Å². The number of nitrogens with zero attached hydrogens (tertiary/aromatic N) is 5. The molecule has 0 aliphatic carbocycles. The van der Waals surface area contributed by atoms with Crippen LogP contribution in [0.15, 0.2) is 52.7 Å². The third-order valence-corrected chi connectivity index (χ3v) is 5.61. The zero-order valence-corrected chi connectivity index (χ0v) is 18.5. The summed E-state index contributed by atoms with van der Waals surface area (Å²) in [7, 11) is 0. The molecule has 0 unspecified atom stereocenters. The summed E-state index contributed by atoms with van der Waals surface area (Å²) >= 11 is 13.1. The molecular formula is C19H16Cl2N6O3S. The van der Waals surface area contributed by atoms with E-state index in [2.05, 4.69) is 20.7 Å². The number of thioether (sulfide) groups is 1. The van der Waals surface area contributed by atoms with Gasteiger partial charge in [-0.15, -0.1) is 10.2 Å². The molecule has 0 fully saturated rings. The highest BCUT2D eigenvalue weighted by molar-refractivity contribution is 7.99. The highest BCUT2D eigenvalue weighted by Gasteiger charge is 2.14. The zero-order chi connectivity index (χ0) is 22.4. The summed E-state index contributed by atoms with van der Waals surface area (Å²) in [5.41, 5.74) is 3.44. The third-order valence-electron chi connectivity index (χ3n) is 4.05. The van der Waals surface area contributed by atoms with Crippen LogP contribution in [-0.4, -0.2) is 37.6 Å². The Hall–Kier alpha value is -2.95. The standard InChI is InChI=1S/C19H16Cl2N6O3S/c1-2-26-18(12-3-5-14(20)6-4-12)24-25-19(26)31-11-17(28)23-22-10-13-9-15(27(29)30)7-8-16(13)21/h3-10H,2,11H2,1H3,(H,23,28)/b22-10+. The van der Waals surface area contributed by atoms with Crippen molar-refractivity contribution in [2.24, 2.45) is 5.10 Å². The van der Waals surface area contributed by atoms with Crippen LogP contribution >= 0.6 is 35.0 Å². The van der Waals surface area contributed by atoms with Crippen LogP contribution in [0, 0.1) is 10.1 Å². The van der Waals surface area contributed by atoms with Gasteiger partial charge in [-0.1, -0.05) is 35.0 Å². The fraction of sp³-hybridized carbons (Fsp3) is 0.158. The topological polar surface area (TPSA) is 115 Å². The van der Waals surface area contributed by atoms with Gasteiger partial charge in [0.2, 0.25) is 0 Å². The first kappa shape index (κ1) is 22.7. The van der Waals surface area contributed by atoms with Gasteiger partial charge in [-0.25, -0.2) is 5.43 Å². The number of nitro benzene ring substituents is 1. The van der Waals surface area contributed by atoms with E-state index in [-0.39, 0.29) is 22.4 Å². The molecule has 2 aromatic carbocycles. The molecule has 0 spiro atoms. The summed E-state index contributed by atoms with van der Waals surface area (Å²) in [6.07, 6.45) is 1.26. The number of benzene rings is 2. The monoisotopic (exact) mass is 478 g/mol. The van der Waals surface area contributed by atoms with Crippen molar-refractivity contribution in [3.63, 3.8) is 0 Å². The van der Waals surface area contributed by atoms with Crippen LogP contribution < -0.4 is 5.43 Å². The van der Waals surface area contributed by atoms with Crippen LogP contribution in [0.1, 0.15) is 12.5 Å². The molecule has 1 heterocycles. The minimum atomic E-state index is -0.537. The molecule has 9 nitrogen and oxygen atoms in total. The smallest absolute Gasteiger partial charge is 0.270 e. The van der Waals surface area contributed by atoms with Crippen LogP contribution in [0.25, 0.3) is 11.4 Å². The van der Waals surface area contributed by atoms with Gasteiger partial charge in [0, 0.05) is 39.8 Å². The van der Waals surface area contributed by atoms with E-state index in [1.807, 2.05) is 23.6 Å². The van der Waals surface area contributed by atoms with Gasteiger partial charge in [0.05, 0.1) is 16.9 Å². The third kappa shape index (κ3) is 5.81. The van der Waals surface area contributed by atoms with Crippen molar-refractivity contribution in [3.8, 4) is 11.4 Å². The lowest BCUT2D eigenvalue weighted by Gasteiger charge is -2.07. The first-order valence-electron chi connectivity index (χ1n) is 8.96. The van der Waals surface area contributed by atoms with Crippen molar-refractivity contribution in [1.82, 2.24) is 20.2 Å². The Morgan fingerprint density at radius 1 is 1.26 bits per heavy atom. The zero-order valence-electron chi connectivity index (χ0n) is 16.2. The Morgan fingerprint density at radius 3 is 2.68 bits per heavy atom. The van der Waals surface area contributed by atoms with Crippen molar-refractivity contribution in [3.05, 3.63) is 68.2 Å². The predicted molar refractivity (Wildman–Crippen MR) is 121 cm³/mol. The lowest BCUT2D eigenvalue weighted by Crippen LogP contribution is -2.20. The molecular weight excluding hydrogens is 463 g/mol. The van der Waals surface area contributed by atoms with Crippen LogP contribution in [0.4, 0.5) is 5.69 Å². The van der Waals surface area contributed by atoms with E-state index in [1.54, 1.807) is 12.1 Å². The van der Waals surface area contributed by atoms with E-state index in [1.165, 1.54) is 36.2 Å². The summed E-state index contributed by atoms with van der Waals surface area (Å²) in [6.45, 7) is 2.58. The van der Waals surface area contributed by atoms with E-state index in [9.17, 15) is 14.9 Å². The van der Waals surface area contributed by atoms with Crippen molar-refractivity contribution in [1.29, 1.82) is 0 Å². The van der Waals surface area contributed by atoms with Gasteiger partial charge in [0.1, 0.15) is 0 Å². The minimum Gasteiger partial charge on any atom is -0.302 e. The van der Waals surface area contributed by atoms with E-state index >= 15 is 0 Å². The number of hydrogen-bond donors (Lipinski definition) is 1. The quantitative estimate of drug-likeness (QED) is 0.221. The molecule has 0 saturated heterocycles. The number of rotatable bonds is 8. The first-order valence-corrected chi connectivity index (χ1v) is 10.7. The Kier molecular flexibility index (Phi) is 7.61. The number of amides is 1.